The lowest BCUT2D eigenvalue weighted by molar-refractivity contribution is 0.0934. The molecule has 1 aromatic carbocycles. The van der Waals surface area contributed by atoms with Crippen LogP contribution in [0.4, 0.5) is 9.18 Å². The second kappa shape index (κ2) is 8.62. The number of aromatic nitrogens is 1. The van der Waals surface area contributed by atoms with Crippen molar-refractivity contribution in [2.45, 2.75) is 19.9 Å². The van der Waals surface area contributed by atoms with Crippen LogP contribution in [0.5, 0.6) is 0 Å². The van der Waals surface area contributed by atoms with Crippen LogP contribution in [0.15, 0.2) is 47.4 Å². The maximum Gasteiger partial charge on any atom is 0.333 e. The first-order valence-electron chi connectivity index (χ1n) is 7.79. The van der Waals surface area contributed by atoms with E-state index >= 15 is 0 Å². The number of rotatable bonds is 5. The van der Waals surface area contributed by atoms with Gasteiger partial charge in [0.15, 0.2) is 0 Å². The smallest absolute Gasteiger partial charge is 0.333 e. The zero-order chi connectivity index (χ0) is 18.2. The molecular formula is C17H19FN4O3. The third-order valence-electron chi connectivity index (χ3n) is 3.33. The number of urea groups is 1. The highest BCUT2D eigenvalue weighted by atomic mass is 19.1. The van der Waals surface area contributed by atoms with E-state index in [-0.39, 0.29) is 12.1 Å². The monoisotopic (exact) mass is 346 g/mol. The van der Waals surface area contributed by atoms with Gasteiger partial charge in [0.25, 0.3) is 11.5 Å². The van der Waals surface area contributed by atoms with Crippen molar-refractivity contribution in [1.29, 1.82) is 0 Å². The highest BCUT2D eigenvalue weighted by molar-refractivity contribution is 5.94. The van der Waals surface area contributed by atoms with Crippen molar-refractivity contribution < 1.29 is 14.0 Å². The van der Waals surface area contributed by atoms with Crippen molar-refractivity contribution in [2.24, 2.45) is 0 Å². The molecule has 7 nitrogen and oxygen atoms in total. The van der Waals surface area contributed by atoms with E-state index < -0.39 is 23.3 Å². The minimum Gasteiger partial charge on any atom is -0.337 e. The van der Waals surface area contributed by atoms with E-state index in [0.29, 0.717) is 12.1 Å². The molecule has 0 aliphatic heterocycles. The fourth-order valence-electron chi connectivity index (χ4n) is 2.13. The Morgan fingerprint density at radius 3 is 2.68 bits per heavy atom. The predicted octanol–water partition coefficient (Wildman–Crippen LogP) is 1.39. The van der Waals surface area contributed by atoms with E-state index in [4.69, 9.17) is 0 Å². The second-order valence-electron chi connectivity index (χ2n) is 5.32. The van der Waals surface area contributed by atoms with Crippen LogP contribution in [0.25, 0.3) is 0 Å². The first-order valence-corrected chi connectivity index (χ1v) is 7.79. The summed E-state index contributed by atoms with van der Waals surface area (Å²) in [5.41, 5.74) is 4.27. The summed E-state index contributed by atoms with van der Waals surface area (Å²) in [6.07, 6.45) is 2.26. The normalized spacial score (nSPS) is 10.2. The predicted molar refractivity (Wildman–Crippen MR) is 90.5 cm³/mol. The summed E-state index contributed by atoms with van der Waals surface area (Å²) < 4.78 is 14.5. The van der Waals surface area contributed by atoms with Crippen LogP contribution in [0.3, 0.4) is 0 Å². The van der Waals surface area contributed by atoms with E-state index in [9.17, 15) is 18.8 Å². The molecule has 1 aromatic heterocycles. The summed E-state index contributed by atoms with van der Waals surface area (Å²) >= 11 is 0. The molecule has 3 amide bonds. The molecule has 0 atom stereocenters. The number of hydrogen-bond acceptors (Lipinski definition) is 3. The van der Waals surface area contributed by atoms with E-state index in [1.165, 1.54) is 35.0 Å². The van der Waals surface area contributed by atoms with E-state index in [1.54, 1.807) is 12.1 Å². The molecule has 1 heterocycles. The molecule has 25 heavy (non-hydrogen) atoms. The molecule has 0 bridgehead atoms. The summed E-state index contributed by atoms with van der Waals surface area (Å²) in [5.74, 6) is -1.13. The fraction of sp³-hybridized carbons (Fsp3) is 0.235. The Morgan fingerprint density at radius 2 is 1.96 bits per heavy atom. The third kappa shape index (κ3) is 5.17. The van der Waals surface area contributed by atoms with E-state index in [2.05, 4.69) is 16.2 Å². The Balaban J connectivity index is 2.08. The first kappa shape index (κ1) is 18.2. The number of nitrogens with zero attached hydrogens (tertiary/aromatic N) is 1. The van der Waals surface area contributed by atoms with Gasteiger partial charge in [0, 0.05) is 12.7 Å². The molecule has 8 heteroatoms. The molecule has 2 aromatic rings. The number of pyridine rings is 1. The van der Waals surface area contributed by atoms with Crippen LogP contribution in [0.2, 0.25) is 0 Å². The molecule has 0 aliphatic rings. The Kier molecular flexibility index (Phi) is 6.27. The molecule has 2 rings (SSSR count). The highest BCUT2D eigenvalue weighted by Crippen LogP contribution is 2.05. The average Bonchev–Trinajstić information content (AvgIpc) is 2.59. The van der Waals surface area contributed by atoms with Crippen LogP contribution in [0.1, 0.15) is 29.3 Å². The van der Waals surface area contributed by atoms with Crippen molar-refractivity contribution in [2.75, 3.05) is 6.54 Å². The summed E-state index contributed by atoms with van der Waals surface area (Å²) in [5, 5.41) is 2.52. The number of amides is 3. The summed E-state index contributed by atoms with van der Waals surface area (Å²) in [4.78, 5) is 35.9. The number of nitrogens with one attached hydrogen (secondary N) is 3. The van der Waals surface area contributed by atoms with Crippen LogP contribution >= 0.6 is 0 Å². The summed E-state index contributed by atoms with van der Waals surface area (Å²) in [6.45, 7) is 2.49. The van der Waals surface area contributed by atoms with Crippen LogP contribution < -0.4 is 21.7 Å². The van der Waals surface area contributed by atoms with Gasteiger partial charge in [-0.2, -0.15) is 0 Å². The quantitative estimate of drug-likeness (QED) is 0.715. The maximum absolute atomic E-state index is 13.2. The Hall–Kier alpha value is -3.16. The maximum atomic E-state index is 13.2. The topological polar surface area (TPSA) is 92.2 Å². The van der Waals surface area contributed by atoms with Crippen LogP contribution in [-0.4, -0.2) is 23.1 Å². The minimum atomic E-state index is -0.731. The van der Waals surface area contributed by atoms with Gasteiger partial charge in [0.1, 0.15) is 11.4 Å². The van der Waals surface area contributed by atoms with Gasteiger partial charge in [-0.1, -0.05) is 19.1 Å². The Labute approximate surface area is 143 Å². The summed E-state index contributed by atoms with van der Waals surface area (Å²) in [6, 6.07) is 8.18. The SMILES string of the molecule is CCCNC(=O)NNC(=O)c1cccn(Cc2cccc(F)c2)c1=O. The van der Waals surface area contributed by atoms with Crippen molar-refractivity contribution >= 4 is 11.9 Å². The number of hydrazine groups is 1. The minimum absolute atomic E-state index is 0.127. The number of halogens is 1. The molecule has 0 spiro atoms. The molecule has 132 valence electrons. The molecule has 0 aliphatic carbocycles. The summed E-state index contributed by atoms with van der Waals surface area (Å²) in [7, 11) is 0. The van der Waals surface area contributed by atoms with Gasteiger partial charge in [-0.25, -0.2) is 14.6 Å². The van der Waals surface area contributed by atoms with Gasteiger partial charge in [-0.15, -0.1) is 0 Å². The standard InChI is InChI=1S/C17H19FN4O3/c1-2-8-19-17(25)21-20-15(23)14-7-4-9-22(16(14)24)11-12-5-3-6-13(18)10-12/h3-7,9-10H,2,8,11H2,1H3,(H,20,23)(H2,19,21,25). The van der Waals surface area contributed by atoms with Crippen molar-refractivity contribution in [1.82, 2.24) is 20.7 Å². The van der Waals surface area contributed by atoms with Crippen molar-refractivity contribution in [3.63, 3.8) is 0 Å². The third-order valence-corrected chi connectivity index (χ3v) is 3.33. The van der Waals surface area contributed by atoms with Gasteiger partial charge in [-0.3, -0.25) is 15.0 Å². The number of carbonyl (C=O) groups excluding carboxylic acids is 2. The van der Waals surface area contributed by atoms with E-state index in [1.807, 2.05) is 6.92 Å². The van der Waals surface area contributed by atoms with Crippen molar-refractivity contribution in [3.05, 3.63) is 69.9 Å². The lowest BCUT2D eigenvalue weighted by Crippen LogP contribution is -2.48. The van der Waals surface area contributed by atoms with Crippen LogP contribution in [-0.2, 0) is 6.54 Å². The molecular weight excluding hydrogens is 327 g/mol. The van der Waals surface area contributed by atoms with Gasteiger partial charge in [0.2, 0.25) is 0 Å². The number of carbonyl (C=O) groups is 2. The van der Waals surface area contributed by atoms with Crippen molar-refractivity contribution in [3.8, 4) is 0 Å². The van der Waals surface area contributed by atoms with Gasteiger partial charge in [-0.05, 0) is 36.2 Å². The molecule has 3 N–H and O–H groups in total. The van der Waals surface area contributed by atoms with Crippen LogP contribution in [0, 0.1) is 5.82 Å². The molecule has 0 saturated carbocycles. The molecule has 0 radical (unpaired) electrons. The second-order valence-corrected chi connectivity index (χ2v) is 5.32. The highest BCUT2D eigenvalue weighted by Gasteiger charge is 2.13. The zero-order valence-electron chi connectivity index (χ0n) is 13.7. The van der Waals surface area contributed by atoms with Gasteiger partial charge in [0.05, 0.1) is 6.54 Å². The molecule has 0 unspecified atom stereocenters. The van der Waals surface area contributed by atoms with Gasteiger partial charge >= 0.3 is 6.03 Å². The van der Waals surface area contributed by atoms with E-state index in [0.717, 1.165) is 6.42 Å². The molecule has 0 saturated heterocycles. The van der Waals surface area contributed by atoms with Gasteiger partial charge < -0.3 is 9.88 Å². The lowest BCUT2D eigenvalue weighted by atomic mass is 10.2. The fourth-order valence-corrected chi connectivity index (χ4v) is 2.13. The molecule has 0 fully saturated rings. The largest absolute Gasteiger partial charge is 0.337 e. The lowest BCUT2D eigenvalue weighted by Gasteiger charge is -2.10. The Morgan fingerprint density at radius 1 is 1.16 bits per heavy atom. The number of hydrogen-bond donors (Lipinski definition) is 3. The zero-order valence-corrected chi connectivity index (χ0v) is 13.7. The first-order chi connectivity index (χ1) is 12.0. The Bertz CT molecular complexity index is 820. The number of benzene rings is 1. The average molecular weight is 346 g/mol.